The molecule has 0 spiro atoms. The summed E-state index contributed by atoms with van der Waals surface area (Å²) < 4.78 is 5.75. The van der Waals surface area contributed by atoms with Crippen LogP contribution in [-0.4, -0.2) is 5.66 Å². The third-order valence-electron chi connectivity index (χ3n) is 3.12. The van der Waals surface area contributed by atoms with E-state index in [1.807, 2.05) is 56.3 Å². The van der Waals surface area contributed by atoms with Gasteiger partial charge < -0.3 is 16.2 Å². The van der Waals surface area contributed by atoms with Crippen LogP contribution >= 0.6 is 0 Å². The summed E-state index contributed by atoms with van der Waals surface area (Å²) in [4.78, 5) is 0. The zero-order valence-corrected chi connectivity index (χ0v) is 10.2. The van der Waals surface area contributed by atoms with E-state index < -0.39 is 5.66 Å². The fourth-order valence-electron chi connectivity index (χ4n) is 1.65. The number of rotatable bonds is 2. The Morgan fingerprint density at radius 2 is 1.71 bits per heavy atom. The Morgan fingerprint density at radius 3 is 2.29 bits per heavy atom. The second kappa shape index (κ2) is 4.02. The van der Waals surface area contributed by atoms with Crippen LogP contribution in [0.1, 0.15) is 13.8 Å². The van der Waals surface area contributed by atoms with E-state index in [0.717, 1.165) is 11.5 Å². The van der Waals surface area contributed by atoms with Crippen LogP contribution in [0, 0.1) is 5.41 Å². The number of benzene rings is 1. The lowest BCUT2D eigenvalue weighted by Gasteiger charge is -2.39. The van der Waals surface area contributed by atoms with Gasteiger partial charge in [-0.2, -0.15) is 0 Å². The highest BCUT2D eigenvalue weighted by molar-refractivity contribution is 5.33. The average Bonchev–Trinajstić information content (AvgIpc) is 2.25. The standard InChI is InChI=1S/C14H18N2O/c1-13(2)10-12(8-9-14(13,15)16)17-11-6-4-3-5-7-11/h3-10H,15-16H2,1-2H3. The highest BCUT2D eigenvalue weighted by atomic mass is 16.5. The molecule has 1 aliphatic carbocycles. The molecule has 90 valence electrons. The molecule has 1 aromatic carbocycles. The maximum Gasteiger partial charge on any atom is 0.127 e. The Balaban J connectivity index is 2.20. The molecule has 17 heavy (non-hydrogen) atoms. The highest BCUT2D eigenvalue weighted by Gasteiger charge is 2.37. The van der Waals surface area contributed by atoms with Crippen molar-refractivity contribution in [1.82, 2.24) is 0 Å². The van der Waals surface area contributed by atoms with E-state index in [4.69, 9.17) is 16.2 Å². The predicted octanol–water partition coefficient (Wildman–Crippen LogP) is 2.16. The fraction of sp³-hybridized carbons (Fsp3) is 0.286. The van der Waals surface area contributed by atoms with Crippen molar-refractivity contribution in [3.05, 3.63) is 54.3 Å². The van der Waals surface area contributed by atoms with E-state index in [-0.39, 0.29) is 5.41 Å². The smallest absolute Gasteiger partial charge is 0.127 e. The quantitative estimate of drug-likeness (QED) is 0.765. The van der Waals surface area contributed by atoms with Crippen molar-refractivity contribution in [1.29, 1.82) is 0 Å². The molecule has 0 aromatic heterocycles. The molecule has 0 saturated carbocycles. The van der Waals surface area contributed by atoms with Crippen LogP contribution in [0.2, 0.25) is 0 Å². The van der Waals surface area contributed by atoms with E-state index in [1.165, 1.54) is 0 Å². The number of ether oxygens (including phenoxy) is 1. The Bertz CT molecular complexity index is 458. The van der Waals surface area contributed by atoms with Crippen LogP contribution in [0.25, 0.3) is 0 Å². The van der Waals surface area contributed by atoms with Gasteiger partial charge in [0, 0.05) is 5.41 Å². The first-order valence-corrected chi connectivity index (χ1v) is 5.63. The molecule has 0 radical (unpaired) electrons. The molecule has 0 bridgehead atoms. The second-order valence-electron chi connectivity index (χ2n) is 4.95. The monoisotopic (exact) mass is 230 g/mol. The van der Waals surface area contributed by atoms with Crippen molar-refractivity contribution in [2.45, 2.75) is 19.5 Å². The first-order chi connectivity index (χ1) is 7.91. The van der Waals surface area contributed by atoms with Gasteiger partial charge in [0.25, 0.3) is 0 Å². The van der Waals surface area contributed by atoms with Crippen molar-refractivity contribution < 1.29 is 4.74 Å². The van der Waals surface area contributed by atoms with E-state index >= 15 is 0 Å². The van der Waals surface area contributed by atoms with E-state index in [0.29, 0.717) is 0 Å². The first kappa shape index (κ1) is 11.9. The Hall–Kier alpha value is -1.58. The van der Waals surface area contributed by atoms with Gasteiger partial charge in [0.2, 0.25) is 0 Å². The van der Waals surface area contributed by atoms with E-state index in [1.54, 1.807) is 6.08 Å². The van der Waals surface area contributed by atoms with Crippen molar-refractivity contribution in [2.75, 3.05) is 0 Å². The SMILES string of the molecule is CC1(C)C=C(Oc2ccccc2)C=CC1(N)N. The number of para-hydroxylation sites is 1. The largest absolute Gasteiger partial charge is 0.458 e. The first-order valence-electron chi connectivity index (χ1n) is 5.63. The molecule has 0 saturated heterocycles. The molecular formula is C14H18N2O. The maximum atomic E-state index is 6.00. The van der Waals surface area contributed by atoms with E-state index in [9.17, 15) is 0 Å². The molecule has 1 aromatic rings. The summed E-state index contributed by atoms with van der Waals surface area (Å²) in [6.45, 7) is 3.98. The van der Waals surface area contributed by atoms with Gasteiger partial charge in [-0.1, -0.05) is 32.0 Å². The zero-order valence-electron chi connectivity index (χ0n) is 10.2. The lowest BCUT2D eigenvalue weighted by Crippen LogP contribution is -2.59. The van der Waals surface area contributed by atoms with Gasteiger partial charge in [0.05, 0.1) is 5.66 Å². The minimum atomic E-state index is -0.837. The minimum Gasteiger partial charge on any atom is -0.458 e. The van der Waals surface area contributed by atoms with Gasteiger partial charge in [-0.15, -0.1) is 0 Å². The molecule has 0 heterocycles. The lowest BCUT2D eigenvalue weighted by atomic mass is 9.76. The lowest BCUT2D eigenvalue weighted by molar-refractivity contribution is 0.272. The summed E-state index contributed by atoms with van der Waals surface area (Å²) >= 11 is 0. The second-order valence-corrected chi connectivity index (χ2v) is 4.95. The number of nitrogens with two attached hydrogens (primary N) is 2. The van der Waals surface area contributed by atoms with Crippen LogP contribution in [-0.2, 0) is 0 Å². The minimum absolute atomic E-state index is 0.341. The van der Waals surface area contributed by atoms with Gasteiger partial charge in [-0.05, 0) is 30.4 Å². The topological polar surface area (TPSA) is 61.3 Å². The summed E-state index contributed by atoms with van der Waals surface area (Å²) in [7, 11) is 0. The molecule has 0 amide bonds. The molecule has 3 heteroatoms. The third kappa shape index (κ3) is 2.40. The van der Waals surface area contributed by atoms with Gasteiger partial charge in [-0.25, -0.2) is 0 Å². The van der Waals surface area contributed by atoms with Gasteiger partial charge in [0.15, 0.2) is 0 Å². The Labute approximate surface area is 102 Å². The van der Waals surface area contributed by atoms with Crippen LogP contribution in [0.15, 0.2) is 54.3 Å². The molecule has 4 N–H and O–H groups in total. The van der Waals surface area contributed by atoms with Gasteiger partial charge in [-0.3, -0.25) is 0 Å². The Morgan fingerprint density at radius 1 is 1.06 bits per heavy atom. The van der Waals surface area contributed by atoms with E-state index in [2.05, 4.69) is 0 Å². The van der Waals surface area contributed by atoms with Crippen molar-refractivity contribution >= 4 is 0 Å². The molecule has 2 rings (SSSR count). The molecule has 0 fully saturated rings. The predicted molar refractivity (Wildman–Crippen MR) is 69.2 cm³/mol. The molecule has 3 nitrogen and oxygen atoms in total. The van der Waals surface area contributed by atoms with Gasteiger partial charge in [0.1, 0.15) is 11.5 Å². The summed E-state index contributed by atoms with van der Waals surface area (Å²) in [5.41, 5.74) is 10.8. The fourth-order valence-corrected chi connectivity index (χ4v) is 1.65. The van der Waals surface area contributed by atoms with Crippen LogP contribution in [0.4, 0.5) is 0 Å². The molecule has 0 atom stereocenters. The Kier molecular flexibility index (Phi) is 2.81. The van der Waals surface area contributed by atoms with Gasteiger partial charge >= 0.3 is 0 Å². The summed E-state index contributed by atoms with van der Waals surface area (Å²) in [5, 5.41) is 0. The average molecular weight is 230 g/mol. The third-order valence-corrected chi connectivity index (χ3v) is 3.12. The van der Waals surface area contributed by atoms with Crippen molar-refractivity contribution in [2.24, 2.45) is 16.9 Å². The molecular weight excluding hydrogens is 212 g/mol. The molecule has 0 aliphatic heterocycles. The number of hydrogen-bond acceptors (Lipinski definition) is 3. The summed E-state index contributed by atoms with van der Waals surface area (Å²) in [6, 6.07) is 9.64. The maximum absolute atomic E-state index is 6.00. The highest BCUT2D eigenvalue weighted by Crippen LogP contribution is 2.33. The van der Waals surface area contributed by atoms with Crippen LogP contribution in [0.3, 0.4) is 0 Å². The molecule has 0 unspecified atom stereocenters. The summed E-state index contributed by atoms with van der Waals surface area (Å²) in [5.74, 6) is 1.58. The van der Waals surface area contributed by atoms with Crippen molar-refractivity contribution in [3.63, 3.8) is 0 Å². The van der Waals surface area contributed by atoms with Crippen molar-refractivity contribution in [3.8, 4) is 5.75 Å². The van der Waals surface area contributed by atoms with Crippen LogP contribution in [0.5, 0.6) is 5.75 Å². The summed E-state index contributed by atoms with van der Waals surface area (Å²) in [6.07, 6.45) is 5.56. The number of allylic oxidation sites excluding steroid dienone is 1. The number of hydrogen-bond donors (Lipinski definition) is 2. The zero-order chi connectivity index (χ0) is 12.5. The molecule has 1 aliphatic rings. The van der Waals surface area contributed by atoms with Crippen LogP contribution < -0.4 is 16.2 Å². The normalized spacial score (nSPS) is 20.8.